The fourth-order valence-corrected chi connectivity index (χ4v) is 1.23. The normalized spacial score (nSPS) is 16.2. The Morgan fingerprint density at radius 3 is 2.88 bits per heavy atom. The predicted molar refractivity (Wildman–Crippen MR) is 52.5 cm³/mol. The van der Waals surface area contributed by atoms with Crippen molar-refractivity contribution in [2.45, 2.75) is 38.0 Å². The molecule has 0 aliphatic heterocycles. The number of hydrogen-bond acceptors (Lipinski definition) is 4. The van der Waals surface area contributed by atoms with Gasteiger partial charge in [0.25, 0.3) is 0 Å². The minimum absolute atomic E-state index is 0.109. The molecule has 17 heavy (non-hydrogen) atoms. The maximum atomic E-state index is 11.8. The predicted octanol–water partition coefficient (Wildman–Crippen LogP) is 2.26. The van der Waals surface area contributed by atoms with Crippen LogP contribution in [0, 0.1) is 0 Å². The molecule has 1 heterocycles. The first-order valence-corrected chi connectivity index (χ1v) is 5.40. The summed E-state index contributed by atoms with van der Waals surface area (Å²) in [6, 6.07) is 0.543. The number of rotatable bonds is 6. The minimum Gasteiger partial charge on any atom is -0.450 e. The van der Waals surface area contributed by atoms with Gasteiger partial charge in [0.2, 0.25) is 0 Å². The molecule has 1 aliphatic carbocycles. The van der Waals surface area contributed by atoms with Crippen LogP contribution in [-0.2, 0) is 6.54 Å². The van der Waals surface area contributed by atoms with E-state index in [1.165, 1.54) is 6.26 Å². The van der Waals surface area contributed by atoms with Crippen LogP contribution in [0.3, 0.4) is 0 Å². The zero-order valence-electron chi connectivity index (χ0n) is 9.09. The van der Waals surface area contributed by atoms with E-state index in [9.17, 15) is 13.2 Å². The molecule has 0 unspecified atom stereocenters. The second-order valence-electron chi connectivity index (χ2n) is 3.97. The molecule has 0 bridgehead atoms. The number of hydrogen-bond donors (Lipinski definition) is 1. The van der Waals surface area contributed by atoms with E-state index < -0.39 is 19.2 Å². The minimum atomic E-state index is -4.22. The smallest absolute Gasteiger partial charge is 0.393 e. The lowest BCUT2D eigenvalue weighted by Crippen LogP contribution is -2.15. The zero-order chi connectivity index (χ0) is 12.3. The molecule has 1 aliphatic rings. The van der Waals surface area contributed by atoms with E-state index in [0.717, 1.165) is 12.8 Å². The Hall–Kier alpha value is -1.24. The van der Waals surface area contributed by atoms with Gasteiger partial charge in [-0.15, -0.1) is 0 Å². The monoisotopic (exact) mass is 250 g/mol. The summed E-state index contributed by atoms with van der Waals surface area (Å²) >= 11 is 0. The van der Waals surface area contributed by atoms with Crippen LogP contribution >= 0.6 is 0 Å². The number of ether oxygens (including phenoxy) is 1. The van der Waals surface area contributed by atoms with Crippen LogP contribution in [0.5, 0.6) is 6.08 Å². The first-order chi connectivity index (χ1) is 8.03. The molecule has 1 fully saturated rings. The number of nitrogens with zero attached hydrogens (tertiary/aromatic N) is 1. The van der Waals surface area contributed by atoms with Crippen molar-refractivity contribution in [3.05, 3.63) is 12.0 Å². The van der Waals surface area contributed by atoms with Gasteiger partial charge in [-0.05, 0) is 12.8 Å². The highest BCUT2D eigenvalue weighted by Crippen LogP contribution is 2.21. The van der Waals surface area contributed by atoms with Crippen molar-refractivity contribution in [2.24, 2.45) is 0 Å². The van der Waals surface area contributed by atoms with Crippen LogP contribution in [0.1, 0.15) is 25.0 Å². The SMILES string of the molecule is FC(F)(F)CCOc1nc(CNC2CC2)co1. The summed E-state index contributed by atoms with van der Waals surface area (Å²) in [5, 5.41) is 3.21. The van der Waals surface area contributed by atoms with Crippen molar-refractivity contribution >= 4 is 0 Å². The van der Waals surface area contributed by atoms with Crippen LogP contribution in [0.25, 0.3) is 0 Å². The number of aromatic nitrogens is 1. The lowest BCUT2D eigenvalue weighted by atomic mass is 10.4. The second-order valence-corrected chi connectivity index (χ2v) is 3.97. The van der Waals surface area contributed by atoms with Gasteiger partial charge in [-0.25, -0.2) is 0 Å². The summed E-state index contributed by atoms with van der Waals surface area (Å²) in [7, 11) is 0. The third-order valence-corrected chi connectivity index (χ3v) is 2.29. The van der Waals surface area contributed by atoms with Crippen molar-refractivity contribution in [2.75, 3.05) is 6.61 Å². The van der Waals surface area contributed by atoms with E-state index in [1.807, 2.05) is 0 Å². The summed E-state index contributed by atoms with van der Waals surface area (Å²) in [6.45, 7) is 0.0797. The van der Waals surface area contributed by atoms with E-state index >= 15 is 0 Å². The first kappa shape index (κ1) is 12.2. The van der Waals surface area contributed by atoms with Crippen LogP contribution in [0.2, 0.25) is 0 Å². The average molecular weight is 250 g/mol. The fraction of sp³-hybridized carbons (Fsp3) is 0.700. The van der Waals surface area contributed by atoms with Crippen LogP contribution in [0.15, 0.2) is 10.7 Å². The Morgan fingerprint density at radius 2 is 2.24 bits per heavy atom. The summed E-state index contributed by atoms with van der Waals surface area (Å²) in [5.74, 6) is 0. The number of nitrogens with one attached hydrogen (secondary N) is 1. The van der Waals surface area contributed by atoms with Gasteiger partial charge in [-0.1, -0.05) is 0 Å². The fourth-order valence-electron chi connectivity index (χ4n) is 1.23. The summed E-state index contributed by atoms with van der Waals surface area (Å²) in [5.41, 5.74) is 0.638. The molecule has 0 saturated heterocycles. The van der Waals surface area contributed by atoms with E-state index in [4.69, 9.17) is 9.15 Å². The quantitative estimate of drug-likeness (QED) is 0.841. The molecule has 0 amide bonds. The second kappa shape index (κ2) is 4.95. The van der Waals surface area contributed by atoms with Gasteiger partial charge in [0, 0.05) is 12.6 Å². The van der Waals surface area contributed by atoms with Gasteiger partial charge in [-0.2, -0.15) is 18.2 Å². The standard InChI is InChI=1S/C10H13F3N2O2/c11-10(12,13)3-4-16-9-15-8(6-17-9)5-14-7-1-2-7/h6-7,14H,1-5H2. The lowest BCUT2D eigenvalue weighted by Gasteiger charge is -2.04. The lowest BCUT2D eigenvalue weighted by molar-refractivity contribution is -0.140. The molecule has 96 valence electrons. The molecular formula is C10H13F3N2O2. The largest absolute Gasteiger partial charge is 0.450 e. The molecule has 0 radical (unpaired) electrons. The highest BCUT2D eigenvalue weighted by atomic mass is 19.4. The Kier molecular flexibility index (Phi) is 3.56. The van der Waals surface area contributed by atoms with Gasteiger partial charge in [0.05, 0.1) is 12.1 Å². The third-order valence-electron chi connectivity index (χ3n) is 2.29. The molecule has 0 aromatic carbocycles. The maximum Gasteiger partial charge on any atom is 0.393 e. The highest BCUT2D eigenvalue weighted by Gasteiger charge is 2.27. The molecule has 1 N–H and O–H groups in total. The Morgan fingerprint density at radius 1 is 1.47 bits per heavy atom. The number of oxazole rings is 1. The van der Waals surface area contributed by atoms with Crippen LogP contribution in [0.4, 0.5) is 13.2 Å². The van der Waals surface area contributed by atoms with Crippen molar-refractivity contribution in [3.8, 4) is 6.08 Å². The molecule has 0 spiro atoms. The summed E-state index contributed by atoms with van der Waals surface area (Å²) < 4.78 is 45.2. The Labute approximate surface area is 96.2 Å². The van der Waals surface area contributed by atoms with Gasteiger partial charge in [0.1, 0.15) is 12.9 Å². The zero-order valence-corrected chi connectivity index (χ0v) is 9.09. The Balaban J connectivity index is 1.69. The molecular weight excluding hydrogens is 237 g/mol. The molecule has 2 rings (SSSR count). The highest BCUT2D eigenvalue weighted by molar-refractivity contribution is 5.00. The van der Waals surface area contributed by atoms with Gasteiger partial charge < -0.3 is 14.5 Å². The van der Waals surface area contributed by atoms with E-state index in [2.05, 4.69) is 10.3 Å². The van der Waals surface area contributed by atoms with Crippen molar-refractivity contribution < 1.29 is 22.3 Å². The van der Waals surface area contributed by atoms with Crippen LogP contribution in [-0.4, -0.2) is 23.8 Å². The first-order valence-electron chi connectivity index (χ1n) is 5.40. The average Bonchev–Trinajstić information content (AvgIpc) is 2.95. The third kappa shape index (κ3) is 4.64. The molecule has 7 heteroatoms. The molecule has 0 atom stereocenters. The summed E-state index contributed by atoms with van der Waals surface area (Å²) in [6.07, 6.45) is -1.63. The number of alkyl halides is 3. The van der Waals surface area contributed by atoms with Crippen molar-refractivity contribution in [1.29, 1.82) is 0 Å². The maximum absolute atomic E-state index is 11.8. The van der Waals surface area contributed by atoms with Gasteiger partial charge in [-0.3, -0.25) is 0 Å². The van der Waals surface area contributed by atoms with Gasteiger partial charge >= 0.3 is 12.3 Å². The van der Waals surface area contributed by atoms with E-state index in [-0.39, 0.29) is 6.08 Å². The van der Waals surface area contributed by atoms with E-state index in [0.29, 0.717) is 18.3 Å². The van der Waals surface area contributed by atoms with Crippen LogP contribution < -0.4 is 10.1 Å². The van der Waals surface area contributed by atoms with E-state index in [1.54, 1.807) is 0 Å². The van der Waals surface area contributed by atoms with Crippen molar-refractivity contribution in [3.63, 3.8) is 0 Å². The summed E-state index contributed by atoms with van der Waals surface area (Å²) in [4.78, 5) is 3.91. The molecule has 4 nitrogen and oxygen atoms in total. The molecule has 1 aromatic rings. The topological polar surface area (TPSA) is 47.3 Å². The number of halogens is 3. The Bertz CT molecular complexity index is 361. The molecule has 1 saturated carbocycles. The van der Waals surface area contributed by atoms with Crippen molar-refractivity contribution in [1.82, 2.24) is 10.3 Å². The van der Waals surface area contributed by atoms with Gasteiger partial charge in [0.15, 0.2) is 0 Å². The molecule has 1 aromatic heterocycles.